The van der Waals surface area contributed by atoms with Crippen LogP contribution in [0.2, 0.25) is 0 Å². The number of allylic oxidation sites excluding steroid dienone is 1. The largest absolute Gasteiger partial charge is 0.469 e. The highest BCUT2D eigenvalue weighted by Gasteiger charge is 2.32. The summed E-state index contributed by atoms with van der Waals surface area (Å²) >= 11 is 0. The summed E-state index contributed by atoms with van der Waals surface area (Å²) in [5, 5.41) is 13.2. The third kappa shape index (κ3) is 11.2. The number of ketones is 1. The van der Waals surface area contributed by atoms with Crippen molar-refractivity contribution in [2.75, 3.05) is 0 Å². The summed E-state index contributed by atoms with van der Waals surface area (Å²) in [5.74, 6) is 1.86. The first kappa shape index (κ1) is 27.4. The number of carbonyl (C=O) groups excluding carboxylic acids is 2. The average molecular weight is 460 g/mol. The van der Waals surface area contributed by atoms with Crippen LogP contribution in [-0.4, -0.2) is 28.9 Å². The summed E-state index contributed by atoms with van der Waals surface area (Å²) < 4.78 is 5.33. The molecule has 2 N–H and O–H groups in total. The Balaban J connectivity index is 1.55. The van der Waals surface area contributed by atoms with E-state index in [1.54, 1.807) is 6.26 Å². The van der Waals surface area contributed by atoms with Crippen molar-refractivity contribution in [1.29, 1.82) is 0 Å². The van der Waals surface area contributed by atoms with Crippen LogP contribution in [-0.2, 0) is 16.0 Å². The Morgan fingerprint density at radius 1 is 1.21 bits per heavy atom. The second kappa shape index (κ2) is 15.9. The van der Waals surface area contributed by atoms with Crippen LogP contribution in [0.3, 0.4) is 0 Å². The lowest BCUT2D eigenvalue weighted by Gasteiger charge is -2.16. The molecule has 5 nitrogen and oxygen atoms in total. The Labute approximate surface area is 200 Å². The molecule has 4 atom stereocenters. The lowest BCUT2D eigenvalue weighted by Crippen LogP contribution is -2.32. The summed E-state index contributed by atoms with van der Waals surface area (Å²) in [4.78, 5) is 24.5. The molecule has 186 valence electrons. The molecule has 2 rings (SSSR count). The molecule has 1 fully saturated rings. The Bertz CT molecular complexity index is 697. The zero-order valence-corrected chi connectivity index (χ0v) is 20.8. The molecule has 1 unspecified atom stereocenters. The first-order valence-corrected chi connectivity index (χ1v) is 13.2. The van der Waals surface area contributed by atoms with Gasteiger partial charge >= 0.3 is 0 Å². The smallest absolute Gasteiger partial charge is 0.220 e. The lowest BCUT2D eigenvalue weighted by molar-refractivity contribution is -0.122. The number of nitrogens with one attached hydrogen (secondary N) is 1. The van der Waals surface area contributed by atoms with Gasteiger partial charge in [0.1, 0.15) is 11.5 Å². The van der Waals surface area contributed by atoms with E-state index in [9.17, 15) is 14.7 Å². The van der Waals surface area contributed by atoms with Crippen molar-refractivity contribution < 1.29 is 19.1 Å². The first-order chi connectivity index (χ1) is 16.0. The molecule has 1 aliphatic rings. The molecule has 1 aromatic heterocycles. The Hall–Kier alpha value is -1.88. The maximum absolute atomic E-state index is 12.3. The van der Waals surface area contributed by atoms with Crippen molar-refractivity contribution in [3.8, 4) is 0 Å². The Kier molecular flexibility index (Phi) is 13.2. The van der Waals surface area contributed by atoms with Gasteiger partial charge in [-0.25, -0.2) is 0 Å². The number of hydrogen-bond acceptors (Lipinski definition) is 4. The van der Waals surface area contributed by atoms with Crippen LogP contribution in [0.4, 0.5) is 0 Å². The zero-order chi connectivity index (χ0) is 23.9. The highest BCUT2D eigenvalue weighted by molar-refractivity contribution is 5.83. The molecule has 1 saturated carbocycles. The first-order valence-electron chi connectivity index (χ1n) is 13.2. The van der Waals surface area contributed by atoms with Gasteiger partial charge in [-0.15, -0.1) is 0 Å². The molecule has 0 spiro atoms. The van der Waals surface area contributed by atoms with E-state index in [-0.39, 0.29) is 29.9 Å². The summed E-state index contributed by atoms with van der Waals surface area (Å²) in [7, 11) is 0. The third-order valence-electron chi connectivity index (χ3n) is 6.82. The van der Waals surface area contributed by atoms with Gasteiger partial charge in [0.15, 0.2) is 0 Å². The number of rotatable bonds is 17. The fourth-order valence-corrected chi connectivity index (χ4v) is 4.75. The normalized spacial score (nSPS) is 20.4. The third-order valence-corrected chi connectivity index (χ3v) is 6.82. The Morgan fingerprint density at radius 2 is 2.03 bits per heavy atom. The lowest BCUT2D eigenvalue weighted by atomic mass is 9.89. The molecule has 1 aliphatic carbocycles. The number of carbonyl (C=O) groups is 2. The number of aliphatic hydroxyl groups is 1. The quantitative estimate of drug-likeness (QED) is 0.216. The highest BCUT2D eigenvalue weighted by Crippen LogP contribution is 2.34. The monoisotopic (exact) mass is 459 g/mol. The summed E-state index contributed by atoms with van der Waals surface area (Å²) in [6.45, 7) is 4.20. The van der Waals surface area contributed by atoms with Gasteiger partial charge in [0.25, 0.3) is 0 Å². The summed E-state index contributed by atoms with van der Waals surface area (Å²) in [6.07, 6.45) is 18.3. The Morgan fingerprint density at radius 3 is 2.79 bits per heavy atom. The molecule has 1 amide bonds. The second-order valence-electron chi connectivity index (χ2n) is 9.76. The van der Waals surface area contributed by atoms with E-state index in [2.05, 4.69) is 18.3 Å². The SMILES string of the molecule is CCCCC[C@H](O)/C=C/[C@H]1CCC(=O)[C@@H]1CCCCCCC(=O)NC(C)CCc1ccco1. The van der Waals surface area contributed by atoms with Crippen molar-refractivity contribution in [2.45, 2.75) is 116 Å². The van der Waals surface area contributed by atoms with Gasteiger partial charge < -0.3 is 14.8 Å². The minimum Gasteiger partial charge on any atom is -0.469 e. The van der Waals surface area contributed by atoms with Crippen molar-refractivity contribution in [1.82, 2.24) is 5.32 Å². The molecule has 0 bridgehead atoms. The van der Waals surface area contributed by atoms with Crippen LogP contribution < -0.4 is 5.32 Å². The summed E-state index contributed by atoms with van der Waals surface area (Å²) in [6, 6.07) is 3.99. The number of hydrogen-bond donors (Lipinski definition) is 2. The van der Waals surface area contributed by atoms with Gasteiger partial charge in [-0.2, -0.15) is 0 Å². The standard InChI is InChI=1S/C28H45NO4/c1-3-4-7-11-24(30)18-16-23-17-20-27(31)26(23)13-8-5-6-9-14-28(32)29-22(2)15-19-25-12-10-21-33-25/h10,12,16,18,21-24,26,30H,3-9,11,13-15,17,19-20H2,1-2H3,(H,29,32)/b18-16+/t22?,23-,24-,26+/m0/s1. The van der Waals surface area contributed by atoms with E-state index < -0.39 is 0 Å². The molecule has 0 aromatic carbocycles. The molecular weight excluding hydrogens is 414 g/mol. The zero-order valence-electron chi connectivity index (χ0n) is 20.8. The van der Waals surface area contributed by atoms with Crippen LogP contribution in [0.5, 0.6) is 0 Å². The van der Waals surface area contributed by atoms with Gasteiger partial charge in [0.05, 0.1) is 12.4 Å². The van der Waals surface area contributed by atoms with Crippen molar-refractivity contribution in [3.63, 3.8) is 0 Å². The van der Waals surface area contributed by atoms with E-state index in [4.69, 9.17) is 4.42 Å². The van der Waals surface area contributed by atoms with Crippen molar-refractivity contribution in [3.05, 3.63) is 36.3 Å². The minimum atomic E-state index is -0.382. The second-order valence-corrected chi connectivity index (χ2v) is 9.76. The number of unbranched alkanes of at least 4 members (excludes halogenated alkanes) is 5. The van der Waals surface area contributed by atoms with Gasteiger partial charge in [-0.3, -0.25) is 9.59 Å². The fourth-order valence-electron chi connectivity index (χ4n) is 4.75. The maximum atomic E-state index is 12.3. The molecule has 1 heterocycles. The molecule has 33 heavy (non-hydrogen) atoms. The number of furan rings is 1. The molecular formula is C28H45NO4. The maximum Gasteiger partial charge on any atom is 0.220 e. The van der Waals surface area contributed by atoms with E-state index in [0.29, 0.717) is 18.6 Å². The van der Waals surface area contributed by atoms with Crippen LogP contribution in [0, 0.1) is 11.8 Å². The van der Waals surface area contributed by atoms with Crippen LogP contribution in [0.15, 0.2) is 35.0 Å². The number of aliphatic hydroxyl groups excluding tert-OH is 1. The topological polar surface area (TPSA) is 79.5 Å². The number of Topliss-reactive ketones (excluding diaryl/α,β-unsaturated/α-hetero) is 1. The fraction of sp³-hybridized carbons (Fsp3) is 0.714. The molecule has 1 aromatic rings. The molecule has 5 heteroatoms. The van der Waals surface area contributed by atoms with Gasteiger partial charge in [-0.05, 0) is 57.1 Å². The van der Waals surface area contributed by atoms with Gasteiger partial charge in [0, 0.05) is 31.2 Å². The molecule has 0 aliphatic heterocycles. The molecule has 0 radical (unpaired) electrons. The summed E-state index contributed by atoms with van der Waals surface area (Å²) in [5.41, 5.74) is 0. The highest BCUT2D eigenvalue weighted by atomic mass is 16.3. The van der Waals surface area contributed by atoms with Crippen molar-refractivity contribution in [2.24, 2.45) is 11.8 Å². The van der Waals surface area contributed by atoms with Gasteiger partial charge in [-0.1, -0.05) is 57.6 Å². The average Bonchev–Trinajstić information content (AvgIpc) is 3.43. The van der Waals surface area contributed by atoms with Crippen LogP contribution >= 0.6 is 0 Å². The van der Waals surface area contributed by atoms with Gasteiger partial charge in [0.2, 0.25) is 5.91 Å². The predicted octanol–water partition coefficient (Wildman–Crippen LogP) is 6.15. The minimum absolute atomic E-state index is 0.113. The molecule has 0 saturated heterocycles. The number of amides is 1. The van der Waals surface area contributed by atoms with Crippen molar-refractivity contribution >= 4 is 11.7 Å². The van der Waals surface area contributed by atoms with Crippen LogP contribution in [0.1, 0.15) is 103 Å². The van der Waals surface area contributed by atoms with E-state index in [1.165, 1.54) is 0 Å². The predicted molar refractivity (Wildman–Crippen MR) is 133 cm³/mol. The van der Waals surface area contributed by atoms with E-state index in [1.807, 2.05) is 25.1 Å². The van der Waals surface area contributed by atoms with Crippen LogP contribution in [0.25, 0.3) is 0 Å². The number of aryl methyl sites for hydroxylation is 1. The van der Waals surface area contributed by atoms with E-state index in [0.717, 1.165) is 82.8 Å². The van der Waals surface area contributed by atoms with E-state index >= 15 is 0 Å².